The number of fused-ring (bicyclic) bond motifs is 2. The molecule has 1 heterocycles. The van der Waals surface area contributed by atoms with Crippen molar-refractivity contribution >= 4 is 11.6 Å². The lowest BCUT2D eigenvalue weighted by Crippen LogP contribution is -2.22. The van der Waals surface area contributed by atoms with Crippen molar-refractivity contribution in [2.45, 2.75) is 0 Å². The second-order valence-electron chi connectivity index (χ2n) is 3.90. The number of nitrogens with zero attached hydrogens (tertiary/aromatic N) is 1. The summed E-state index contributed by atoms with van der Waals surface area (Å²) in [5.41, 5.74) is -0.484. The van der Waals surface area contributed by atoms with Gasteiger partial charge in [0, 0.05) is 18.0 Å². The first kappa shape index (κ1) is 10.6. The van der Waals surface area contributed by atoms with E-state index in [1.54, 1.807) is 0 Å². The van der Waals surface area contributed by atoms with Gasteiger partial charge in [0.15, 0.2) is 11.6 Å². The van der Waals surface area contributed by atoms with Crippen molar-refractivity contribution in [2.24, 2.45) is 0 Å². The van der Waals surface area contributed by atoms with Crippen LogP contribution in [0.2, 0.25) is 0 Å². The summed E-state index contributed by atoms with van der Waals surface area (Å²) in [7, 11) is 0. The summed E-state index contributed by atoms with van der Waals surface area (Å²) >= 11 is 0. The smallest absolute Gasteiger partial charge is 0.199 e. The third kappa shape index (κ3) is 1.21. The van der Waals surface area contributed by atoms with Crippen molar-refractivity contribution in [3.63, 3.8) is 0 Å². The Hall–Kier alpha value is -2.56. The molecule has 3 rings (SSSR count). The van der Waals surface area contributed by atoms with Gasteiger partial charge in [0.25, 0.3) is 0 Å². The lowest BCUT2D eigenvalue weighted by atomic mass is 9.84. The number of hydrogen-bond donors (Lipinski definition) is 1. The number of pyridine rings is 1. The molecule has 88 valence electrons. The molecule has 0 unspecified atom stereocenters. The third-order valence-electron chi connectivity index (χ3n) is 2.90. The highest BCUT2D eigenvalue weighted by Gasteiger charge is 2.34. The Morgan fingerprint density at radius 1 is 1.00 bits per heavy atom. The number of carbonyl (C=O) groups excluding carboxylic acids is 2. The first-order chi connectivity index (χ1) is 8.61. The molecule has 1 aliphatic carbocycles. The van der Waals surface area contributed by atoms with E-state index >= 15 is 0 Å². The number of aromatic hydroxyl groups is 1. The molecule has 1 aromatic heterocycles. The average molecular weight is 243 g/mol. The van der Waals surface area contributed by atoms with E-state index in [1.165, 1.54) is 18.5 Å². The zero-order valence-corrected chi connectivity index (χ0v) is 8.98. The minimum atomic E-state index is -0.823. The summed E-state index contributed by atoms with van der Waals surface area (Å²) < 4.78 is 13.7. The van der Waals surface area contributed by atoms with Crippen molar-refractivity contribution in [2.75, 3.05) is 0 Å². The largest absolute Gasteiger partial charge is 0.507 e. The van der Waals surface area contributed by atoms with Crippen LogP contribution in [0.4, 0.5) is 4.39 Å². The van der Waals surface area contributed by atoms with E-state index in [-0.39, 0.29) is 22.3 Å². The highest BCUT2D eigenvalue weighted by Crippen LogP contribution is 2.33. The minimum absolute atomic E-state index is 0.0551. The number of hydrogen-bond acceptors (Lipinski definition) is 4. The predicted molar refractivity (Wildman–Crippen MR) is 59.2 cm³/mol. The normalized spacial score (nSPS) is 13.2. The van der Waals surface area contributed by atoms with Crippen LogP contribution in [0.5, 0.6) is 5.75 Å². The summed E-state index contributed by atoms with van der Waals surface area (Å²) in [6, 6.07) is 3.40. The fraction of sp³-hybridized carbons (Fsp3) is 0. The van der Waals surface area contributed by atoms with E-state index in [2.05, 4.69) is 4.98 Å². The van der Waals surface area contributed by atoms with Crippen molar-refractivity contribution in [1.29, 1.82) is 0 Å². The van der Waals surface area contributed by atoms with Crippen LogP contribution in [0.3, 0.4) is 0 Å². The van der Waals surface area contributed by atoms with Crippen LogP contribution in [0.15, 0.2) is 30.6 Å². The molecular formula is C13H6FNO3. The standard InChI is InChI=1S/C13H6FNO3/c14-8-1-2-9(16)11-10(8)13(18)7-5-15-4-3-6(7)12(11)17/h1-5,16H. The lowest BCUT2D eigenvalue weighted by molar-refractivity contribution is 0.0973. The Morgan fingerprint density at radius 3 is 2.50 bits per heavy atom. The predicted octanol–water partition coefficient (Wildman–Crippen LogP) is 1.70. The molecule has 0 saturated heterocycles. The fourth-order valence-electron chi connectivity index (χ4n) is 2.06. The van der Waals surface area contributed by atoms with Crippen LogP contribution in [-0.4, -0.2) is 21.7 Å². The quantitative estimate of drug-likeness (QED) is 0.652. The lowest BCUT2D eigenvalue weighted by Gasteiger charge is -2.17. The van der Waals surface area contributed by atoms with Crippen molar-refractivity contribution in [3.05, 3.63) is 58.7 Å². The van der Waals surface area contributed by atoms with Crippen LogP contribution in [0.25, 0.3) is 0 Å². The van der Waals surface area contributed by atoms with Crippen LogP contribution in [0.1, 0.15) is 31.8 Å². The Kier molecular flexibility index (Phi) is 2.04. The van der Waals surface area contributed by atoms with E-state index in [9.17, 15) is 19.1 Å². The number of benzene rings is 1. The Balaban J connectivity index is 2.41. The summed E-state index contributed by atoms with van der Waals surface area (Å²) in [6.45, 7) is 0. The molecule has 0 spiro atoms. The SMILES string of the molecule is O=C1c2ccncc2C(=O)c2c(F)ccc(O)c21. The maximum absolute atomic E-state index is 13.7. The van der Waals surface area contributed by atoms with E-state index in [0.717, 1.165) is 12.1 Å². The molecular weight excluding hydrogens is 237 g/mol. The van der Waals surface area contributed by atoms with Gasteiger partial charge in [-0.1, -0.05) is 0 Å². The molecule has 1 aliphatic rings. The Labute approximate surface area is 101 Å². The molecule has 0 atom stereocenters. The molecule has 5 heteroatoms. The molecule has 1 aromatic carbocycles. The molecule has 0 aliphatic heterocycles. The second-order valence-corrected chi connectivity index (χ2v) is 3.90. The summed E-state index contributed by atoms with van der Waals surface area (Å²) in [5, 5.41) is 9.64. The fourth-order valence-corrected chi connectivity index (χ4v) is 2.06. The van der Waals surface area contributed by atoms with Gasteiger partial charge in [-0.2, -0.15) is 0 Å². The maximum atomic E-state index is 13.7. The molecule has 4 nitrogen and oxygen atoms in total. The molecule has 1 N–H and O–H groups in total. The number of phenolic OH excluding ortho intramolecular Hbond substituents is 1. The summed E-state index contributed by atoms with van der Waals surface area (Å²) in [5.74, 6) is -2.43. The zero-order valence-electron chi connectivity index (χ0n) is 8.98. The highest BCUT2D eigenvalue weighted by atomic mass is 19.1. The Bertz CT molecular complexity index is 649. The van der Waals surface area contributed by atoms with E-state index in [0.29, 0.717) is 0 Å². The number of halogens is 1. The van der Waals surface area contributed by atoms with Crippen LogP contribution in [0, 0.1) is 5.82 Å². The van der Waals surface area contributed by atoms with Crippen LogP contribution < -0.4 is 0 Å². The summed E-state index contributed by atoms with van der Waals surface area (Å²) in [6.07, 6.45) is 2.59. The second kappa shape index (κ2) is 3.46. The van der Waals surface area contributed by atoms with Gasteiger partial charge in [0.05, 0.1) is 16.7 Å². The van der Waals surface area contributed by atoms with Gasteiger partial charge in [-0.05, 0) is 18.2 Å². The van der Waals surface area contributed by atoms with Crippen molar-refractivity contribution in [1.82, 2.24) is 4.98 Å². The van der Waals surface area contributed by atoms with E-state index in [4.69, 9.17) is 0 Å². The van der Waals surface area contributed by atoms with Gasteiger partial charge >= 0.3 is 0 Å². The first-order valence-electron chi connectivity index (χ1n) is 5.16. The molecule has 0 fully saturated rings. The van der Waals surface area contributed by atoms with Crippen molar-refractivity contribution < 1.29 is 19.1 Å². The van der Waals surface area contributed by atoms with Crippen LogP contribution in [-0.2, 0) is 0 Å². The van der Waals surface area contributed by atoms with Gasteiger partial charge in [0.2, 0.25) is 0 Å². The van der Waals surface area contributed by atoms with Gasteiger partial charge in [-0.3, -0.25) is 14.6 Å². The molecule has 18 heavy (non-hydrogen) atoms. The molecule has 0 amide bonds. The van der Waals surface area contributed by atoms with Gasteiger partial charge in [-0.25, -0.2) is 4.39 Å². The third-order valence-corrected chi connectivity index (χ3v) is 2.90. The number of ketones is 2. The summed E-state index contributed by atoms with van der Waals surface area (Å²) in [4.78, 5) is 28.0. The number of phenols is 1. The molecule has 0 radical (unpaired) electrons. The van der Waals surface area contributed by atoms with Gasteiger partial charge < -0.3 is 5.11 Å². The molecule has 2 aromatic rings. The van der Waals surface area contributed by atoms with Gasteiger partial charge in [0.1, 0.15) is 11.6 Å². The maximum Gasteiger partial charge on any atom is 0.199 e. The van der Waals surface area contributed by atoms with Crippen LogP contribution >= 0.6 is 0 Å². The first-order valence-corrected chi connectivity index (χ1v) is 5.16. The minimum Gasteiger partial charge on any atom is -0.507 e. The molecule has 0 bridgehead atoms. The van der Waals surface area contributed by atoms with E-state index < -0.39 is 23.1 Å². The van der Waals surface area contributed by atoms with E-state index in [1.807, 2.05) is 0 Å². The number of aromatic nitrogens is 1. The van der Waals surface area contributed by atoms with Crippen molar-refractivity contribution in [3.8, 4) is 5.75 Å². The highest BCUT2D eigenvalue weighted by molar-refractivity contribution is 6.29. The Morgan fingerprint density at radius 2 is 1.72 bits per heavy atom. The van der Waals surface area contributed by atoms with Gasteiger partial charge in [-0.15, -0.1) is 0 Å². The zero-order chi connectivity index (χ0) is 12.9. The topological polar surface area (TPSA) is 67.3 Å². The number of carbonyl (C=O) groups is 2. The number of rotatable bonds is 0. The molecule has 0 saturated carbocycles. The monoisotopic (exact) mass is 243 g/mol. The average Bonchev–Trinajstić information content (AvgIpc) is 2.38.